The van der Waals surface area contributed by atoms with Crippen LogP contribution in [0, 0.1) is 24.2 Å². The minimum atomic E-state index is -2.89. The smallest absolute Gasteiger partial charge is 0.307 e. The molecule has 0 saturated carbocycles. The van der Waals surface area contributed by atoms with Crippen LogP contribution in [-0.2, 0) is 24.3 Å². The maximum atomic E-state index is 14.3. The number of likely N-dealkylation sites (tertiary alicyclic amines) is 2. The Balaban J connectivity index is 1.04. The highest BCUT2D eigenvalue weighted by atomic mass is 19.3. The lowest BCUT2D eigenvalue weighted by molar-refractivity contribution is -0.141. The summed E-state index contributed by atoms with van der Waals surface area (Å²) < 4.78 is 34.9. The maximum absolute atomic E-state index is 14.3. The molecule has 290 valence electrons. The number of fused-ring (bicyclic) bond motifs is 3. The number of nitriles is 1. The molecule has 6 aromatic rings. The molecule has 12 nitrogen and oxygen atoms in total. The molecule has 2 N–H and O–H groups in total. The van der Waals surface area contributed by atoms with E-state index in [4.69, 9.17) is 14.4 Å². The fourth-order valence-electron chi connectivity index (χ4n) is 8.75. The summed E-state index contributed by atoms with van der Waals surface area (Å²) in [7, 11) is 0. The Kier molecular flexibility index (Phi) is 9.19. The minimum absolute atomic E-state index is 0.309. The highest BCUT2D eigenvalue weighted by molar-refractivity contribution is 5.92. The first-order chi connectivity index (χ1) is 27.4. The molecule has 2 saturated heterocycles. The van der Waals surface area contributed by atoms with Gasteiger partial charge in [0.15, 0.2) is 17.2 Å². The van der Waals surface area contributed by atoms with Crippen LogP contribution in [-0.4, -0.2) is 84.2 Å². The number of carboxylic acid groups (broad SMARTS) is 1. The lowest BCUT2D eigenvalue weighted by atomic mass is 9.92. The Morgan fingerprint density at radius 1 is 1.00 bits per heavy atom. The quantitative estimate of drug-likeness (QED) is 0.153. The molecule has 3 aliphatic rings. The van der Waals surface area contributed by atoms with Crippen LogP contribution < -0.4 is 4.90 Å². The van der Waals surface area contributed by atoms with Gasteiger partial charge in [-0.1, -0.05) is 24.3 Å². The van der Waals surface area contributed by atoms with Crippen molar-refractivity contribution in [2.45, 2.75) is 58.2 Å². The number of β-amino-alcohol motifs (C(OH)–C–C–N with tert-alkyl or cyclic N) is 1. The number of pyridine rings is 1. The van der Waals surface area contributed by atoms with Crippen molar-refractivity contribution in [1.82, 2.24) is 29.7 Å². The number of nitrogens with zero attached hydrogens (tertiary/aromatic N) is 8. The molecule has 3 aliphatic heterocycles. The largest absolute Gasteiger partial charge is 0.481 e. The number of anilines is 2. The highest BCUT2D eigenvalue weighted by Gasteiger charge is 2.33. The van der Waals surface area contributed by atoms with Gasteiger partial charge in [0.2, 0.25) is 5.89 Å². The highest BCUT2D eigenvalue weighted by Crippen LogP contribution is 2.43. The topological polar surface area (TPSA) is 156 Å². The van der Waals surface area contributed by atoms with Gasteiger partial charge in [-0.3, -0.25) is 19.6 Å². The second-order valence-corrected chi connectivity index (χ2v) is 15.7. The molecule has 3 aromatic heterocycles. The van der Waals surface area contributed by atoms with Gasteiger partial charge < -0.3 is 19.5 Å². The van der Waals surface area contributed by atoms with E-state index in [1.54, 1.807) is 12.3 Å². The summed E-state index contributed by atoms with van der Waals surface area (Å²) in [4.78, 5) is 35.8. The van der Waals surface area contributed by atoms with E-state index in [-0.39, 0.29) is 0 Å². The van der Waals surface area contributed by atoms with Crippen LogP contribution >= 0.6 is 0 Å². The van der Waals surface area contributed by atoms with E-state index in [9.17, 15) is 29.1 Å². The SMILES string of the molecule is Cc1c(-c2nc3cc(CN4CCC(C)(O)C4)cc(C#N)c3o2)cccc1-c1cccc2c1CCN2c1nc(C(F)F)nc2cc(CN3CCC(C(=O)O)C3)cnc12. The summed E-state index contributed by atoms with van der Waals surface area (Å²) >= 11 is 0. The van der Waals surface area contributed by atoms with Gasteiger partial charge in [0.1, 0.15) is 17.1 Å². The summed E-state index contributed by atoms with van der Waals surface area (Å²) in [6.07, 6.45) is 0.688. The number of benzene rings is 3. The number of carboxylic acids is 1. The zero-order chi connectivity index (χ0) is 39.6. The zero-order valence-electron chi connectivity index (χ0n) is 31.5. The molecule has 2 unspecified atom stereocenters. The van der Waals surface area contributed by atoms with Crippen molar-refractivity contribution in [3.8, 4) is 28.7 Å². The van der Waals surface area contributed by atoms with Crippen LogP contribution in [0.3, 0.4) is 0 Å². The molecule has 0 aliphatic carbocycles. The van der Waals surface area contributed by atoms with Crippen molar-refractivity contribution >= 4 is 39.6 Å². The number of aliphatic hydroxyl groups is 1. The molecule has 2 atom stereocenters. The lowest BCUT2D eigenvalue weighted by Gasteiger charge is -2.21. The number of alkyl halides is 2. The van der Waals surface area contributed by atoms with Crippen molar-refractivity contribution in [2.24, 2.45) is 5.92 Å². The average molecular weight is 771 g/mol. The van der Waals surface area contributed by atoms with Crippen LogP contribution in [0.4, 0.5) is 20.3 Å². The summed E-state index contributed by atoms with van der Waals surface area (Å²) in [5, 5.41) is 29.9. The fourth-order valence-corrected chi connectivity index (χ4v) is 8.75. The van der Waals surface area contributed by atoms with Crippen LogP contribution in [0.2, 0.25) is 0 Å². The number of aromatic nitrogens is 4. The fraction of sp³-hybridized carbons (Fsp3) is 0.349. The molecule has 0 bridgehead atoms. The Morgan fingerprint density at radius 3 is 2.53 bits per heavy atom. The second kappa shape index (κ2) is 14.3. The van der Waals surface area contributed by atoms with Crippen molar-refractivity contribution < 1.29 is 28.2 Å². The Morgan fingerprint density at radius 2 is 1.77 bits per heavy atom. The number of hydrogen-bond donors (Lipinski definition) is 2. The minimum Gasteiger partial charge on any atom is -0.481 e. The Labute approximate surface area is 327 Å². The van der Waals surface area contributed by atoms with Gasteiger partial charge in [0, 0.05) is 56.7 Å². The first kappa shape index (κ1) is 36.7. The van der Waals surface area contributed by atoms with Gasteiger partial charge in [-0.2, -0.15) is 5.26 Å². The van der Waals surface area contributed by atoms with E-state index >= 15 is 0 Å². The summed E-state index contributed by atoms with van der Waals surface area (Å²) in [5.74, 6) is -1.11. The molecule has 0 radical (unpaired) electrons. The standard InChI is InChI=1S/C43H40F2N8O4/c1-24-29(5-3-6-30(24)41-49-34-16-25(15-28(18-46)37(34)57-41)20-52-14-11-43(2,56)23-52)31-7-4-8-35-32(31)10-13-53(35)40-36-33(48-39(50-40)38(44)45)17-26(19-47-36)21-51-12-9-27(22-51)42(54)55/h3-8,15-17,19,27,38,56H,9-14,20-23H2,1-2H3,(H,54,55). The van der Waals surface area contributed by atoms with Crippen LogP contribution in [0.5, 0.6) is 0 Å². The Bertz CT molecular complexity index is 2620. The van der Waals surface area contributed by atoms with Crippen molar-refractivity contribution in [1.29, 1.82) is 5.26 Å². The third kappa shape index (κ3) is 6.85. The third-order valence-corrected chi connectivity index (χ3v) is 11.6. The van der Waals surface area contributed by atoms with Gasteiger partial charge in [-0.15, -0.1) is 0 Å². The van der Waals surface area contributed by atoms with Gasteiger partial charge in [0.25, 0.3) is 6.43 Å². The van der Waals surface area contributed by atoms with E-state index < -0.39 is 29.7 Å². The molecule has 57 heavy (non-hydrogen) atoms. The third-order valence-electron chi connectivity index (χ3n) is 11.6. The molecule has 0 spiro atoms. The molecule has 9 rings (SSSR count). The van der Waals surface area contributed by atoms with Crippen molar-refractivity contribution in [3.63, 3.8) is 0 Å². The van der Waals surface area contributed by atoms with Gasteiger partial charge in [-0.25, -0.2) is 23.7 Å². The molecule has 2 fully saturated rings. The maximum Gasteiger partial charge on any atom is 0.307 e. The van der Waals surface area contributed by atoms with E-state index in [0.29, 0.717) is 97.9 Å². The summed E-state index contributed by atoms with van der Waals surface area (Å²) in [5.41, 5.74) is 8.65. The van der Waals surface area contributed by atoms with Crippen molar-refractivity contribution in [3.05, 3.63) is 94.4 Å². The van der Waals surface area contributed by atoms with E-state index in [1.165, 1.54) is 0 Å². The number of oxazole rings is 1. The van der Waals surface area contributed by atoms with Crippen LogP contribution in [0.25, 0.3) is 44.7 Å². The predicted molar refractivity (Wildman–Crippen MR) is 209 cm³/mol. The second-order valence-electron chi connectivity index (χ2n) is 15.7. The summed E-state index contributed by atoms with van der Waals surface area (Å²) in [6.45, 7) is 7.76. The number of hydrogen-bond acceptors (Lipinski definition) is 11. The number of carbonyl (C=O) groups is 1. The van der Waals surface area contributed by atoms with Crippen LogP contribution in [0.1, 0.15) is 59.8 Å². The average Bonchev–Trinajstić information content (AvgIpc) is 4.00. The molecule has 6 heterocycles. The Hall–Kier alpha value is -5.88. The van der Waals surface area contributed by atoms with E-state index in [0.717, 1.165) is 51.2 Å². The van der Waals surface area contributed by atoms with Gasteiger partial charge in [0.05, 0.1) is 22.6 Å². The van der Waals surface area contributed by atoms with E-state index in [2.05, 4.69) is 27.0 Å². The number of aliphatic carboxylic acids is 1. The molecule has 14 heteroatoms. The van der Waals surface area contributed by atoms with E-state index in [1.807, 2.05) is 66.1 Å². The first-order valence-electron chi connectivity index (χ1n) is 19.1. The molecular weight excluding hydrogens is 731 g/mol. The lowest BCUT2D eigenvalue weighted by Crippen LogP contribution is -2.29. The normalized spacial score (nSPS) is 19.9. The molecule has 3 aromatic carbocycles. The first-order valence-corrected chi connectivity index (χ1v) is 19.1. The number of halogens is 2. The zero-order valence-corrected chi connectivity index (χ0v) is 31.5. The monoisotopic (exact) mass is 770 g/mol. The predicted octanol–water partition coefficient (Wildman–Crippen LogP) is 7.18. The molecule has 0 amide bonds. The van der Waals surface area contributed by atoms with Crippen molar-refractivity contribution in [2.75, 3.05) is 37.6 Å². The van der Waals surface area contributed by atoms with Gasteiger partial charge >= 0.3 is 5.97 Å². The van der Waals surface area contributed by atoms with Gasteiger partial charge in [-0.05, 0) is 103 Å². The summed E-state index contributed by atoms with van der Waals surface area (Å²) in [6, 6.07) is 19.7. The number of rotatable bonds is 9. The molecular formula is C43H40F2N8O4. The van der Waals surface area contributed by atoms with Crippen LogP contribution in [0.15, 0.2) is 65.2 Å².